The summed E-state index contributed by atoms with van der Waals surface area (Å²) in [5.41, 5.74) is 2.89. The number of aryl methyl sites for hydroxylation is 1. The number of benzene rings is 2. The Balaban J connectivity index is 1.19. The van der Waals surface area contributed by atoms with Crippen LogP contribution in [-0.4, -0.2) is 57.7 Å². The summed E-state index contributed by atoms with van der Waals surface area (Å²) in [6, 6.07) is 20.5. The summed E-state index contributed by atoms with van der Waals surface area (Å²) >= 11 is 0. The molecule has 2 saturated heterocycles. The molecule has 0 N–H and O–H groups in total. The van der Waals surface area contributed by atoms with E-state index in [1.165, 1.54) is 30.3 Å². The van der Waals surface area contributed by atoms with Crippen LogP contribution in [0.1, 0.15) is 76.7 Å². The maximum atomic E-state index is 13.0. The van der Waals surface area contributed by atoms with Crippen LogP contribution in [0, 0.1) is 18.3 Å². The number of rotatable bonds is 5. The smallest absolute Gasteiger partial charge is 0.229 e. The van der Waals surface area contributed by atoms with Gasteiger partial charge in [-0.2, -0.15) is 0 Å². The molecular weight excluding hydrogens is 484 g/mol. The van der Waals surface area contributed by atoms with Crippen molar-refractivity contribution in [3.8, 4) is 0 Å². The molecule has 1 aromatic heterocycles. The van der Waals surface area contributed by atoms with E-state index in [0.29, 0.717) is 18.8 Å². The number of nitrogens with zero attached hydrogens (tertiary/aromatic N) is 4. The van der Waals surface area contributed by atoms with Gasteiger partial charge < -0.3 is 14.2 Å². The van der Waals surface area contributed by atoms with Crippen molar-refractivity contribution in [2.75, 3.05) is 26.4 Å². The van der Waals surface area contributed by atoms with E-state index in [1.54, 1.807) is 0 Å². The molecule has 6 heteroatoms. The molecule has 2 aromatic carbocycles. The van der Waals surface area contributed by atoms with Gasteiger partial charge in [-0.1, -0.05) is 63.2 Å². The minimum absolute atomic E-state index is 0.169. The van der Waals surface area contributed by atoms with Gasteiger partial charge in [0.15, 0.2) is 0 Å². The van der Waals surface area contributed by atoms with Crippen molar-refractivity contribution in [3.63, 3.8) is 0 Å². The van der Waals surface area contributed by atoms with Gasteiger partial charge in [0.2, 0.25) is 5.91 Å². The van der Waals surface area contributed by atoms with Crippen molar-refractivity contribution >= 4 is 16.9 Å². The summed E-state index contributed by atoms with van der Waals surface area (Å²) in [6.07, 6.45) is 6.81. The van der Waals surface area contributed by atoms with E-state index in [1.807, 2.05) is 25.7 Å². The van der Waals surface area contributed by atoms with Gasteiger partial charge in [0.1, 0.15) is 12.6 Å². The molecule has 2 aliphatic heterocycles. The van der Waals surface area contributed by atoms with Crippen LogP contribution in [-0.2, 0) is 15.1 Å². The molecule has 0 radical (unpaired) electrons. The lowest BCUT2D eigenvalue weighted by Crippen LogP contribution is -2.52. The summed E-state index contributed by atoms with van der Waals surface area (Å²) in [4.78, 5) is 22.5. The van der Waals surface area contributed by atoms with Crippen molar-refractivity contribution in [3.05, 3.63) is 66.0 Å². The highest BCUT2D eigenvalue weighted by Crippen LogP contribution is 2.44. The topological polar surface area (TPSA) is 50.6 Å². The number of aromatic nitrogens is 2. The molecule has 3 aromatic rings. The monoisotopic (exact) mass is 528 g/mol. The van der Waals surface area contributed by atoms with Crippen LogP contribution in [0.4, 0.5) is 0 Å². The largest absolute Gasteiger partial charge is 0.350 e. The Hall–Kier alpha value is -2.70. The summed E-state index contributed by atoms with van der Waals surface area (Å²) in [7, 11) is 0. The normalized spacial score (nSPS) is 28.1. The second-order valence-corrected chi connectivity index (χ2v) is 13.1. The van der Waals surface area contributed by atoms with Crippen molar-refractivity contribution in [1.29, 1.82) is 0 Å². The number of hydrogen-bond donors (Lipinski definition) is 0. The van der Waals surface area contributed by atoms with Crippen LogP contribution in [0.2, 0.25) is 0 Å². The SMILES string of the molecule is Cc1nc2ccccc2n1[C@@H]1CCN(CCC2(c3ccccc3)CCN(C(=O)C(C)(C)C)CO2)C2CC[C@H]2C1. The Morgan fingerprint density at radius 3 is 2.49 bits per heavy atom. The fourth-order valence-electron chi connectivity index (χ4n) is 7.32. The molecular formula is C33H44N4O2. The van der Waals surface area contributed by atoms with E-state index < -0.39 is 5.41 Å². The van der Waals surface area contributed by atoms with Gasteiger partial charge in [0, 0.05) is 37.1 Å². The Bertz CT molecular complexity index is 1300. The highest BCUT2D eigenvalue weighted by atomic mass is 16.5. The molecule has 0 spiro atoms. The highest BCUT2D eigenvalue weighted by molar-refractivity contribution is 5.81. The first-order valence-electron chi connectivity index (χ1n) is 14.9. The zero-order valence-corrected chi connectivity index (χ0v) is 24.1. The molecule has 2 unspecified atom stereocenters. The van der Waals surface area contributed by atoms with Crippen LogP contribution >= 0.6 is 0 Å². The predicted octanol–water partition coefficient (Wildman–Crippen LogP) is 6.30. The number of fused-ring (bicyclic) bond motifs is 2. The van der Waals surface area contributed by atoms with E-state index in [0.717, 1.165) is 56.2 Å². The number of imidazole rings is 1. The number of para-hydroxylation sites is 2. The summed E-state index contributed by atoms with van der Waals surface area (Å²) in [6.45, 7) is 11.4. The maximum Gasteiger partial charge on any atom is 0.229 e. The summed E-state index contributed by atoms with van der Waals surface area (Å²) in [5.74, 6) is 2.05. The van der Waals surface area contributed by atoms with E-state index >= 15 is 0 Å². The van der Waals surface area contributed by atoms with Crippen molar-refractivity contribution < 1.29 is 9.53 Å². The minimum Gasteiger partial charge on any atom is -0.350 e. The van der Waals surface area contributed by atoms with Crippen LogP contribution in [0.5, 0.6) is 0 Å². The van der Waals surface area contributed by atoms with E-state index in [4.69, 9.17) is 9.72 Å². The van der Waals surface area contributed by atoms with E-state index in [2.05, 4.69) is 71.0 Å². The molecule has 3 fully saturated rings. The number of ether oxygens (including phenoxy) is 1. The fraction of sp³-hybridized carbons (Fsp3) is 0.576. The van der Waals surface area contributed by atoms with Gasteiger partial charge in [0.25, 0.3) is 0 Å². The van der Waals surface area contributed by atoms with Gasteiger partial charge in [0.05, 0.1) is 16.6 Å². The number of carbonyl (C=O) groups excluding carboxylic acids is 1. The molecule has 3 heterocycles. The fourth-order valence-corrected chi connectivity index (χ4v) is 7.32. The summed E-state index contributed by atoms with van der Waals surface area (Å²) < 4.78 is 9.21. The first-order chi connectivity index (χ1) is 18.7. The number of carbonyl (C=O) groups is 1. The molecule has 3 aliphatic rings. The Kier molecular flexibility index (Phi) is 7.05. The Labute approximate surface area is 233 Å². The molecule has 39 heavy (non-hydrogen) atoms. The first-order valence-corrected chi connectivity index (χ1v) is 14.9. The Morgan fingerprint density at radius 2 is 1.79 bits per heavy atom. The highest BCUT2D eigenvalue weighted by Gasteiger charge is 2.44. The van der Waals surface area contributed by atoms with Crippen LogP contribution in [0.25, 0.3) is 11.0 Å². The second-order valence-electron chi connectivity index (χ2n) is 13.1. The average molecular weight is 529 g/mol. The van der Waals surface area contributed by atoms with Gasteiger partial charge in [-0.05, 0) is 69.1 Å². The second kappa shape index (κ2) is 10.4. The third kappa shape index (κ3) is 5.02. The third-order valence-corrected chi connectivity index (χ3v) is 9.62. The molecule has 1 saturated carbocycles. The summed E-state index contributed by atoms with van der Waals surface area (Å²) in [5, 5.41) is 0. The third-order valence-electron chi connectivity index (χ3n) is 9.62. The van der Waals surface area contributed by atoms with Gasteiger partial charge in [-0.15, -0.1) is 0 Å². The van der Waals surface area contributed by atoms with Crippen LogP contribution in [0.15, 0.2) is 54.6 Å². The van der Waals surface area contributed by atoms with Crippen molar-refractivity contribution in [1.82, 2.24) is 19.4 Å². The number of hydrogen-bond acceptors (Lipinski definition) is 4. The quantitative estimate of drug-likeness (QED) is 0.390. The zero-order valence-electron chi connectivity index (χ0n) is 24.1. The van der Waals surface area contributed by atoms with E-state index in [9.17, 15) is 4.79 Å². The molecule has 1 aliphatic carbocycles. The van der Waals surface area contributed by atoms with Gasteiger partial charge >= 0.3 is 0 Å². The number of likely N-dealkylation sites (tertiary alicyclic amines) is 1. The van der Waals surface area contributed by atoms with Crippen LogP contribution < -0.4 is 0 Å². The predicted molar refractivity (Wildman–Crippen MR) is 155 cm³/mol. The van der Waals surface area contributed by atoms with E-state index in [-0.39, 0.29) is 11.5 Å². The first kappa shape index (κ1) is 26.5. The molecule has 6 rings (SSSR count). The zero-order chi connectivity index (χ0) is 27.2. The maximum absolute atomic E-state index is 13.0. The molecule has 1 amide bonds. The average Bonchev–Trinajstić information content (AvgIpc) is 3.20. The molecule has 208 valence electrons. The van der Waals surface area contributed by atoms with Crippen LogP contribution in [0.3, 0.4) is 0 Å². The Morgan fingerprint density at radius 1 is 1.03 bits per heavy atom. The minimum atomic E-state index is -0.392. The van der Waals surface area contributed by atoms with Crippen molar-refractivity contribution in [2.45, 2.75) is 83.9 Å². The molecule has 6 nitrogen and oxygen atoms in total. The lowest BCUT2D eigenvalue weighted by Gasteiger charge is -2.47. The lowest BCUT2D eigenvalue weighted by molar-refractivity contribution is -0.176. The van der Waals surface area contributed by atoms with Gasteiger partial charge in [-0.3, -0.25) is 9.69 Å². The molecule has 0 bridgehead atoms. The lowest BCUT2D eigenvalue weighted by atomic mass is 9.75. The molecule has 4 atom stereocenters. The standard InChI is InChI=1S/C33H44N4O2/c1-24-34-28-12-8-9-13-30(28)37(24)27-16-19-35(29-15-14-25(29)22-27)20-17-33(26-10-6-5-7-11-26)18-21-36(23-39-33)31(38)32(2,3)4/h5-13,25,27,29H,14-23H2,1-4H3/t25-,27+,29?,33?/m0/s1. The van der Waals surface area contributed by atoms with Crippen molar-refractivity contribution in [2.24, 2.45) is 11.3 Å². The van der Waals surface area contributed by atoms with Gasteiger partial charge in [-0.25, -0.2) is 4.98 Å². The number of amides is 1.